The zero-order valence-corrected chi connectivity index (χ0v) is 5.13. The predicted octanol–water partition coefficient (Wildman–Crippen LogP) is -0.342. The molecule has 0 spiro atoms. The van der Waals surface area contributed by atoms with Crippen molar-refractivity contribution in [3.63, 3.8) is 0 Å². The van der Waals surface area contributed by atoms with Crippen molar-refractivity contribution in [1.82, 2.24) is 0 Å². The molecule has 0 aliphatic carbocycles. The minimum atomic E-state index is 0. The Kier molecular flexibility index (Phi) is 16.2. The van der Waals surface area contributed by atoms with Crippen molar-refractivity contribution in [2.24, 2.45) is 5.14 Å². The van der Waals surface area contributed by atoms with Gasteiger partial charge in [0.15, 0.2) is 0 Å². The smallest absolute Gasteiger partial charge is 0 e. The molecule has 0 aliphatic heterocycles. The second-order valence-electron chi connectivity index (χ2n) is 0.201. The molecule has 0 unspecified atom stereocenters. The molecular formula is CH2MoNOS-. The van der Waals surface area contributed by atoms with Crippen LogP contribution in [-0.4, -0.2) is 5.62 Å². The molecule has 4 heteroatoms. The minimum absolute atomic E-state index is 0. The zero-order valence-electron chi connectivity index (χ0n) is 2.30. The van der Waals surface area contributed by atoms with Crippen LogP contribution < -0.4 is 5.14 Å². The van der Waals surface area contributed by atoms with Gasteiger partial charge in [0.2, 0.25) is 0 Å². The summed E-state index contributed by atoms with van der Waals surface area (Å²) in [6.07, 6.45) is 0. The second kappa shape index (κ2) is 8.82. The maximum Gasteiger partial charge on any atom is 0 e. The first-order chi connectivity index (χ1) is 1.91. The number of carbonyl (C=O) groups excluding carboxylic acids is 1. The standard InChI is InChI=1S/CH2NOS.Mo/c2-4-1-3;/h2H2;/q-1;. The molecular weight excluding hydrogens is 170 g/mol. The maximum absolute atomic E-state index is 8.89. The van der Waals surface area contributed by atoms with Crippen LogP contribution in [0.3, 0.4) is 0 Å². The Labute approximate surface area is 48.9 Å². The summed E-state index contributed by atoms with van der Waals surface area (Å²) in [6, 6.07) is 0. The van der Waals surface area contributed by atoms with Gasteiger partial charge >= 0.3 is 0 Å². The molecule has 0 aliphatic rings. The van der Waals surface area contributed by atoms with Crippen molar-refractivity contribution >= 4 is 17.6 Å². The van der Waals surface area contributed by atoms with E-state index in [9.17, 15) is 0 Å². The van der Waals surface area contributed by atoms with Gasteiger partial charge in [-0.1, -0.05) is 0 Å². The monoisotopic (exact) mass is 174 g/mol. The molecule has 0 aromatic heterocycles. The third-order valence-corrected chi connectivity index (χ3v) is 0.144. The molecule has 2 nitrogen and oxygen atoms in total. The normalized spacial score (nSPS) is 5.00. The fraction of sp³-hybridized carbons (Fsp3) is 0. The molecule has 5 heavy (non-hydrogen) atoms. The molecule has 30 valence electrons. The molecule has 0 aromatic rings. The van der Waals surface area contributed by atoms with E-state index in [1.807, 2.05) is 0 Å². The van der Waals surface area contributed by atoms with Crippen LogP contribution in [0.4, 0.5) is 0 Å². The molecule has 0 aromatic carbocycles. The third-order valence-electron chi connectivity index (χ3n) is 0.0481. The molecule has 0 saturated carbocycles. The van der Waals surface area contributed by atoms with Gasteiger partial charge < -0.3 is 9.93 Å². The predicted molar refractivity (Wildman–Crippen MR) is 17.5 cm³/mol. The topological polar surface area (TPSA) is 43.1 Å². The van der Waals surface area contributed by atoms with E-state index in [-0.39, 0.29) is 21.1 Å². The largest absolute Gasteiger partial charge is 0.529 e. The van der Waals surface area contributed by atoms with Crippen LogP contribution in [0.25, 0.3) is 0 Å². The SMILES string of the molecule is NS[C-]=O.[Mo]. The molecule has 2 N–H and O–H groups in total. The van der Waals surface area contributed by atoms with Gasteiger partial charge in [-0.3, -0.25) is 0 Å². The molecule has 0 saturated heterocycles. The minimum Gasteiger partial charge on any atom is -0.529 e. The van der Waals surface area contributed by atoms with Gasteiger partial charge in [0.05, 0.1) is 0 Å². The van der Waals surface area contributed by atoms with Gasteiger partial charge in [-0.15, -0.1) is 0 Å². The van der Waals surface area contributed by atoms with E-state index in [1.165, 1.54) is 5.62 Å². The van der Waals surface area contributed by atoms with Crippen LogP contribution in [0.5, 0.6) is 0 Å². The van der Waals surface area contributed by atoms with Crippen molar-refractivity contribution in [2.45, 2.75) is 0 Å². The Balaban J connectivity index is 0. The third kappa shape index (κ3) is 11.9. The van der Waals surface area contributed by atoms with Crippen molar-refractivity contribution < 1.29 is 25.9 Å². The number of hydrogen-bond donors (Lipinski definition) is 1. The van der Waals surface area contributed by atoms with E-state index in [0.717, 1.165) is 0 Å². The zero-order chi connectivity index (χ0) is 3.41. The number of hydrogen-bond acceptors (Lipinski definition) is 3. The van der Waals surface area contributed by atoms with Crippen LogP contribution in [0.15, 0.2) is 0 Å². The summed E-state index contributed by atoms with van der Waals surface area (Å²) in [5, 5.41) is 4.52. The summed E-state index contributed by atoms with van der Waals surface area (Å²) in [5.41, 5.74) is 1.38. The Bertz CT molecular complexity index is 25.6. The first-order valence-corrected chi connectivity index (χ1v) is 1.52. The van der Waals surface area contributed by atoms with E-state index in [1.54, 1.807) is 0 Å². The van der Waals surface area contributed by atoms with Crippen LogP contribution in [0, 0.1) is 0 Å². The summed E-state index contributed by atoms with van der Waals surface area (Å²) in [4.78, 5) is 8.89. The Morgan fingerprint density at radius 2 is 2.00 bits per heavy atom. The van der Waals surface area contributed by atoms with E-state index < -0.39 is 0 Å². The molecule has 0 radical (unpaired) electrons. The quantitative estimate of drug-likeness (QED) is 0.334. The fourth-order valence-electron chi connectivity index (χ4n) is 0. The van der Waals surface area contributed by atoms with E-state index in [0.29, 0.717) is 11.9 Å². The Morgan fingerprint density at radius 1 is 1.80 bits per heavy atom. The molecule has 0 heterocycles. The van der Waals surface area contributed by atoms with Gasteiger partial charge in [-0.25, -0.2) is 11.9 Å². The number of rotatable bonds is 1. The molecule has 0 fully saturated rings. The van der Waals surface area contributed by atoms with Gasteiger partial charge in [0.25, 0.3) is 0 Å². The first-order valence-electron chi connectivity index (χ1n) is 0.644. The average molecular weight is 172 g/mol. The van der Waals surface area contributed by atoms with Crippen molar-refractivity contribution in [1.29, 1.82) is 0 Å². The van der Waals surface area contributed by atoms with Gasteiger partial charge in [-0.05, 0) is 0 Å². The summed E-state index contributed by atoms with van der Waals surface area (Å²) in [7, 11) is 0. The molecule has 0 atom stereocenters. The van der Waals surface area contributed by atoms with Gasteiger partial charge in [0.1, 0.15) is 0 Å². The maximum atomic E-state index is 8.89. The summed E-state index contributed by atoms with van der Waals surface area (Å²) >= 11 is 0.551. The van der Waals surface area contributed by atoms with Crippen molar-refractivity contribution in [3.05, 3.63) is 0 Å². The Hall–Kier alpha value is 0.668. The van der Waals surface area contributed by atoms with Crippen LogP contribution in [0.2, 0.25) is 0 Å². The fourth-order valence-corrected chi connectivity index (χ4v) is 0. The van der Waals surface area contributed by atoms with Gasteiger partial charge in [0, 0.05) is 21.1 Å². The molecule has 0 amide bonds. The summed E-state index contributed by atoms with van der Waals surface area (Å²) in [6.45, 7) is 0. The van der Waals surface area contributed by atoms with E-state index >= 15 is 0 Å². The first kappa shape index (κ1) is 9.18. The molecule has 0 rings (SSSR count). The summed E-state index contributed by atoms with van der Waals surface area (Å²) in [5.74, 6) is 0. The van der Waals surface area contributed by atoms with Crippen molar-refractivity contribution in [2.75, 3.05) is 0 Å². The Morgan fingerprint density at radius 3 is 2.00 bits per heavy atom. The number of nitrogens with two attached hydrogens (primary N) is 1. The molecule has 0 bridgehead atoms. The summed E-state index contributed by atoms with van der Waals surface area (Å²) < 4.78 is 0. The van der Waals surface area contributed by atoms with Crippen LogP contribution in [-0.2, 0) is 25.9 Å². The van der Waals surface area contributed by atoms with Crippen LogP contribution >= 0.6 is 11.9 Å². The average Bonchev–Trinajstić information content (AvgIpc) is 1.37. The second-order valence-corrected chi connectivity index (χ2v) is 0.604. The van der Waals surface area contributed by atoms with Crippen molar-refractivity contribution in [3.8, 4) is 0 Å². The van der Waals surface area contributed by atoms with Gasteiger partial charge in [-0.2, -0.15) is 5.62 Å². The van der Waals surface area contributed by atoms with E-state index in [2.05, 4.69) is 5.14 Å². The van der Waals surface area contributed by atoms with E-state index in [4.69, 9.17) is 4.79 Å². The van der Waals surface area contributed by atoms with Crippen LogP contribution in [0.1, 0.15) is 0 Å².